The molecule has 20 heavy (non-hydrogen) atoms. The van der Waals surface area contributed by atoms with Crippen molar-refractivity contribution in [3.8, 4) is 0 Å². The lowest BCUT2D eigenvalue weighted by molar-refractivity contribution is -0.156. The lowest BCUT2D eigenvalue weighted by Crippen LogP contribution is -2.40. The van der Waals surface area contributed by atoms with Crippen LogP contribution in [-0.4, -0.2) is 22.8 Å². The van der Waals surface area contributed by atoms with Crippen LogP contribution in [0.15, 0.2) is 23.8 Å². The van der Waals surface area contributed by atoms with Gasteiger partial charge in [0.25, 0.3) is 0 Å². The molecule has 1 rings (SSSR count). The monoisotopic (exact) mass is 280 g/mol. The Morgan fingerprint density at radius 3 is 2.70 bits per heavy atom. The van der Waals surface area contributed by atoms with Gasteiger partial charge in [0.15, 0.2) is 0 Å². The lowest BCUT2D eigenvalue weighted by atomic mass is 9.85. The normalized spacial score (nSPS) is 36.0. The molecule has 0 radical (unpaired) electrons. The van der Waals surface area contributed by atoms with Gasteiger partial charge in [0, 0.05) is 13.3 Å². The van der Waals surface area contributed by atoms with Gasteiger partial charge in [0.1, 0.15) is 11.7 Å². The molecule has 0 heterocycles. The van der Waals surface area contributed by atoms with Crippen molar-refractivity contribution in [3.63, 3.8) is 0 Å². The molecule has 0 spiro atoms. The van der Waals surface area contributed by atoms with Crippen molar-refractivity contribution in [2.24, 2.45) is 11.8 Å². The molecule has 1 N–H and O–H groups in total. The number of esters is 1. The van der Waals surface area contributed by atoms with Crippen LogP contribution in [0.25, 0.3) is 0 Å². The van der Waals surface area contributed by atoms with Crippen molar-refractivity contribution in [3.05, 3.63) is 23.8 Å². The maximum absolute atomic E-state index is 11.2. The zero-order valence-electron chi connectivity index (χ0n) is 13.3. The average molecular weight is 280 g/mol. The molecular weight excluding hydrogens is 252 g/mol. The molecule has 0 bridgehead atoms. The van der Waals surface area contributed by atoms with E-state index in [0.29, 0.717) is 18.3 Å². The minimum atomic E-state index is -1.13. The molecule has 0 unspecified atom stereocenters. The first-order valence-corrected chi connectivity index (χ1v) is 7.47. The topological polar surface area (TPSA) is 46.5 Å². The van der Waals surface area contributed by atoms with Crippen molar-refractivity contribution < 1.29 is 14.6 Å². The van der Waals surface area contributed by atoms with E-state index in [1.54, 1.807) is 13.0 Å². The summed E-state index contributed by atoms with van der Waals surface area (Å²) in [6, 6.07) is 0. The Hall–Kier alpha value is -1.09. The van der Waals surface area contributed by atoms with Crippen LogP contribution < -0.4 is 0 Å². The first kappa shape index (κ1) is 17.0. The molecule has 0 aliphatic heterocycles. The second-order valence-corrected chi connectivity index (χ2v) is 6.42. The van der Waals surface area contributed by atoms with Gasteiger partial charge in [0.2, 0.25) is 0 Å². The maximum Gasteiger partial charge on any atom is 0.303 e. The van der Waals surface area contributed by atoms with E-state index < -0.39 is 11.7 Å². The number of hydrogen-bond donors (Lipinski definition) is 1. The largest absolute Gasteiger partial charge is 0.459 e. The second-order valence-electron chi connectivity index (χ2n) is 6.42. The summed E-state index contributed by atoms with van der Waals surface area (Å²) in [5.41, 5.74) is 0.159. The average Bonchev–Trinajstić information content (AvgIpc) is 2.32. The highest BCUT2D eigenvalue weighted by Crippen LogP contribution is 2.27. The summed E-state index contributed by atoms with van der Waals surface area (Å²) in [7, 11) is 0. The molecule has 3 atom stereocenters. The molecule has 1 aliphatic carbocycles. The van der Waals surface area contributed by atoms with Crippen molar-refractivity contribution in [2.75, 3.05) is 0 Å². The van der Waals surface area contributed by atoms with E-state index in [0.717, 1.165) is 12.8 Å². The summed E-state index contributed by atoms with van der Waals surface area (Å²) < 4.78 is 5.30. The molecular formula is C17H28O3. The van der Waals surface area contributed by atoms with E-state index in [-0.39, 0.29) is 5.97 Å². The van der Waals surface area contributed by atoms with Crippen LogP contribution in [-0.2, 0) is 9.53 Å². The zero-order chi connectivity index (χ0) is 15.3. The minimum Gasteiger partial charge on any atom is -0.459 e. The highest BCUT2D eigenvalue weighted by Gasteiger charge is 2.32. The van der Waals surface area contributed by atoms with Crippen LogP contribution in [0.1, 0.15) is 53.9 Å². The van der Waals surface area contributed by atoms with E-state index in [9.17, 15) is 9.90 Å². The summed E-state index contributed by atoms with van der Waals surface area (Å²) in [5.74, 6) is 0.606. The van der Waals surface area contributed by atoms with Crippen molar-refractivity contribution in [2.45, 2.75) is 65.6 Å². The summed E-state index contributed by atoms with van der Waals surface area (Å²) in [4.78, 5) is 11.2. The molecule has 0 saturated heterocycles. The minimum absolute atomic E-state index is 0.354. The van der Waals surface area contributed by atoms with Gasteiger partial charge in [-0.15, -0.1) is 0 Å². The first-order valence-electron chi connectivity index (χ1n) is 7.47. The third-order valence-corrected chi connectivity index (χ3v) is 4.05. The van der Waals surface area contributed by atoms with E-state index in [4.69, 9.17) is 4.74 Å². The van der Waals surface area contributed by atoms with Crippen LogP contribution in [0.4, 0.5) is 0 Å². The zero-order valence-corrected chi connectivity index (χ0v) is 13.3. The standard InChI is InChI=1S/C17H28O3/c1-12(2)15-8-6-13(3)7-9-16(20-14(4)18)17(5,19)11-10-15/h7,10-12,15-16,19H,6,8-9H2,1-5H3/b11-10+,13-7+/t15-,16+,17-/m1/s1. The molecule has 3 nitrogen and oxygen atoms in total. The molecule has 114 valence electrons. The molecule has 0 aromatic heterocycles. The fourth-order valence-electron chi connectivity index (χ4n) is 2.49. The molecule has 0 amide bonds. The summed E-state index contributed by atoms with van der Waals surface area (Å²) >= 11 is 0. The number of carbonyl (C=O) groups excluding carboxylic acids is 1. The van der Waals surface area contributed by atoms with Gasteiger partial charge in [-0.05, 0) is 38.5 Å². The van der Waals surface area contributed by atoms with E-state index >= 15 is 0 Å². The third-order valence-electron chi connectivity index (χ3n) is 4.05. The van der Waals surface area contributed by atoms with Crippen LogP contribution >= 0.6 is 0 Å². The molecule has 3 heteroatoms. The lowest BCUT2D eigenvalue weighted by Gasteiger charge is -2.31. The number of ether oxygens (including phenoxy) is 1. The fourth-order valence-corrected chi connectivity index (χ4v) is 2.49. The quantitative estimate of drug-likeness (QED) is 0.620. The predicted molar refractivity (Wildman–Crippen MR) is 81.3 cm³/mol. The molecule has 0 aromatic rings. The van der Waals surface area contributed by atoms with Crippen molar-refractivity contribution in [1.82, 2.24) is 0 Å². The van der Waals surface area contributed by atoms with Crippen molar-refractivity contribution in [1.29, 1.82) is 0 Å². The van der Waals surface area contributed by atoms with Gasteiger partial charge in [-0.3, -0.25) is 4.79 Å². The van der Waals surface area contributed by atoms with Gasteiger partial charge in [0.05, 0.1) is 0 Å². The van der Waals surface area contributed by atoms with Crippen LogP contribution in [0.2, 0.25) is 0 Å². The summed E-state index contributed by atoms with van der Waals surface area (Å²) in [6.07, 6.45) is 8.12. The van der Waals surface area contributed by atoms with Gasteiger partial charge in [-0.25, -0.2) is 0 Å². The van der Waals surface area contributed by atoms with Crippen LogP contribution in [0.5, 0.6) is 0 Å². The summed E-state index contributed by atoms with van der Waals surface area (Å²) in [6.45, 7) is 9.57. The molecule has 1 aliphatic rings. The Labute approximate surface area is 122 Å². The van der Waals surface area contributed by atoms with Crippen molar-refractivity contribution >= 4 is 5.97 Å². The number of rotatable bonds is 2. The molecule has 0 fully saturated rings. The Morgan fingerprint density at radius 2 is 2.15 bits per heavy atom. The maximum atomic E-state index is 11.2. The number of carbonyl (C=O) groups is 1. The fraction of sp³-hybridized carbons (Fsp3) is 0.706. The van der Waals surface area contributed by atoms with E-state index in [2.05, 4.69) is 32.9 Å². The Bertz CT molecular complexity index is 391. The summed E-state index contributed by atoms with van der Waals surface area (Å²) in [5, 5.41) is 10.6. The van der Waals surface area contributed by atoms with Crippen LogP contribution in [0.3, 0.4) is 0 Å². The number of allylic oxidation sites excluding steroid dienone is 2. The Morgan fingerprint density at radius 1 is 1.50 bits per heavy atom. The predicted octanol–water partition coefficient (Wildman–Crippen LogP) is 3.63. The van der Waals surface area contributed by atoms with E-state index in [1.807, 2.05) is 0 Å². The van der Waals surface area contributed by atoms with E-state index in [1.165, 1.54) is 12.5 Å². The van der Waals surface area contributed by atoms with Gasteiger partial charge < -0.3 is 9.84 Å². The number of hydrogen-bond acceptors (Lipinski definition) is 3. The van der Waals surface area contributed by atoms with Crippen LogP contribution in [0, 0.1) is 11.8 Å². The second kappa shape index (κ2) is 7.07. The highest BCUT2D eigenvalue weighted by molar-refractivity contribution is 5.66. The Balaban J connectivity index is 3.02. The SMILES string of the molecule is CC(=O)O[C@H]1C/C=C(\C)CC[C@@H](C(C)C)/C=C/[C@@]1(C)O. The molecule has 0 saturated carbocycles. The van der Waals surface area contributed by atoms with Gasteiger partial charge >= 0.3 is 5.97 Å². The smallest absolute Gasteiger partial charge is 0.303 e. The molecule has 0 aromatic carbocycles. The third kappa shape index (κ3) is 5.12. The van der Waals surface area contributed by atoms with Gasteiger partial charge in [-0.1, -0.05) is 37.6 Å². The van der Waals surface area contributed by atoms with Gasteiger partial charge in [-0.2, -0.15) is 0 Å². The Kier molecular flexibility index (Phi) is 6.00. The highest BCUT2D eigenvalue weighted by atomic mass is 16.6. The first-order chi connectivity index (χ1) is 9.22. The number of aliphatic hydroxyl groups is 1.